The molecular formula is C21H21ClF2N2O5S. The Hall–Kier alpha value is -2.56. The number of sulfonamides is 1. The molecule has 11 heteroatoms. The molecule has 1 heterocycles. The molecule has 1 saturated heterocycles. The number of carbonyl (C=O) groups excluding carboxylic acids is 2. The smallest absolute Gasteiger partial charge is 0.309 e. The Morgan fingerprint density at radius 1 is 1.12 bits per heavy atom. The van der Waals surface area contributed by atoms with Crippen molar-refractivity contribution in [2.24, 2.45) is 5.92 Å². The minimum Gasteiger partial charge on any atom is -0.452 e. The Kier molecular flexibility index (Phi) is 7.47. The minimum atomic E-state index is -4.25. The van der Waals surface area contributed by atoms with Gasteiger partial charge in [0.1, 0.15) is 16.5 Å². The van der Waals surface area contributed by atoms with Crippen LogP contribution in [-0.2, 0) is 24.3 Å². The molecule has 0 aromatic heterocycles. The molecule has 1 aliphatic rings. The first-order chi connectivity index (χ1) is 15.1. The number of carbonyl (C=O) groups is 2. The lowest BCUT2D eigenvalue weighted by molar-refractivity contribution is -0.158. The van der Waals surface area contributed by atoms with Crippen molar-refractivity contribution < 1.29 is 31.5 Å². The number of piperidine rings is 1. The van der Waals surface area contributed by atoms with Crippen molar-refractivity contribution in [3.63, 3.8) is 0 Å². The highest BCUT2D eigenvalue weighted by atomic mass is 35.5. The summed E-state index contributed by atoms with van der Waals surface area (Å²) in [7, 11) is -4.25. The van der Waals surface area contributed by atoms with E-state index in [1.165, 1.54) is 6.92 Å². The van der Waals surface area contributed by atoms with Crippen LogP contribution < -0.4 is 5.32 Å². The van der Waals surface area contributed by atoms with E-state index >= 15 is 0 Å². The fourth-order valence-electron chi connectivity index (χ4n) is 3.25. The summed E-state index contributed by atoms with van der Waals surface area (Å²) in [6.07, 6.45) is -0.817. The summed E-state index contributed by atoms with van der Waals surface area (Å²) in [5, 5.41) is 3.11. The first kappa shape index (κ1) is 24.1. The molecule has 32 heavy (non-hydrogen) atoms. The van der Waals surface area contributed by atoms with E-state index in [1.807, 2.05) is 0 Å². The van der Waals surface area contributed by atoms with Gasteiger partial charge in [-0.25, -0.2) is 17.2 Å². The van der Waals surface area contributed by atoms with Gasteiger partial charge in [-0.05, 0) is 62.2 Å². The molecule has 172 valence electrons. The van der Waals surface area contributed by atoms with Crippen LogP contribution in [0.5, 0.6) is 0 Å². The molecule has 7 nitrogen and oxygen atoms in total. The maximum atomic E-state index is 13.9. The maximum absolute atomic E-state index is 13.9. The van der Waals surface area contributed by atoms with Gasteiger partial charge in [0.2, 0.25) is 10.0 Å². The normalized spacial score (nSPS) is 16.4. The predicted molar refractivity (Wildman–Crippen MR) is 113 cm³/mol. The van der Waals surface area contributed by atoms with Gasteiger partial charge < -0.3 is 10.1 Å². The van der Waals surface area contributed by atoms with E-state index in [-0.39, 0.29) is 25.9 Å². The van der Waals surface area contributed by atoms with Gasteiger partial charge >= 0.3 is 5.97 Å². The van der Waals surface area contributed by atoms with Crippen LogP contribution in [0, 0.1) is 17.6 Å². The van der Waals surface area contributed by atoms with Gasteiger partial charge in [-0.15, -0.1) is 0 Å². The van der Waals surface area contributed by atoms with Crippen LogP contribution >= 0.6 is 11.6 Å². The topological polar surface area (TPSA) is 92.8 Å². The van der Waals surface area contributed by atoms with Crippen molar-refractivity contribution in [1.82, 2.24) is 4.31 Å². The highest BCUT2D eigenvalue weighted by Crippen LogP contribution is 2.27. The van der Waals surface area contributed by atoms with E-state index in [0.29, 0.717) is 16.8 Å². The lowest BCUT2D eigenvalue weighted by atomic mass is 9.98. The van der Waals surface area contributed by atoms with Crippen molar-refractivity contribution in [2.75, 3.05) is 18.4 Å². The third-order valence-corrected chi connectivity index (χ3v) is 7.24. The zero-order chi connectivity index (χ0) is 23.5. The molecule has 2 aromatic rings. The Morgan fingerprint density at radius 3 is 2.38 bits per heavy atom. The number of ether oxygens (including phenoxy) is 1. The summed E-state index contributed by atoms with van der Waals surface area (Å²) in [4.78, 5) is 23.9. The van der Waals surface area contributed by atoms with Gasteiger partial charge in [0.25, 0.3) is 5.91 Å². The number of hydrogen-bond acceptors (Lipinski definition) is 5. The molecule has 1 aliphatic heterocycles. The standard InChI is InChI=1S/C21H21ClF2N2O5S/c1-13(20(27)25-17-5-2-15(22)3-6-17)31-21(28)14-8-10-26(11-9-14)32(29,30)19-12-16(23)4-7-18(19)24/h2-7,12-14H,8-11H2,1H3,(H,25,27). The van der Waals surface area contributed by atoms with Crippen molar-refractivity contribution >= 4 is 39.2 Å². The first-order valence-electron chi connectivity index (χ1n) is 9.80. The first-order valence-corrected chi connectivity index (χ1v) is 11.6. The third kappa shape index (κ3) is 5.62. The second kappa shape index (κ2) is 9.93. The fraction of sp³-hybridized carbons (Fsp3) is 0.333. The number of anilines is 1. The number of hydrogen-bond donors (Lipinski definition) is 1. The van der Waals surface area contributed by atoms with Gasteiger partial charge in [-0.2, -0.15) is 4.31 Å². The molecule has 2 aromatic carbocycles. The molecule has 1 amide bonds. The van der Waals surface area contributed by atoms with Crippen molar-refractivity contribution in [3.8, 4) is 0 Å². The Labute approximate surface area is 189 Å². The number of amides is 1. The largest absolute Gasteiger partial charge is 0.452 e. The summed E-state index contributed by atoms with van der Waals surface area (Å²) < 4.78 is 58.9. The molecule has 1 unspecified atom stereocenters. The predicted octanol–water partition coefficient (Wildman–Crippen LogP) is 3.59. The summed E-state index contributed by atoms with van der Waals surface area (Å²) in [6, 6.07) is 8.63. The van der Waals surface area contributed by atoms with Crippen LogP contribution in [0.3, 0.4) is 0 Å². The van der Waals surface area contributed by atoms with Crippen LogP contribution in [0.15, 0.2) is 47.4 Å². The van der Waals surface area contributed by atoms with Crippen molar-refractivity contribution in [2.45, 2.75) is 30.8 Å². The molecular weight excluding hydrogens is 466 g/mol. The van der Waals surface area contributed by atoms with Crippen LogP contribution in [0.1, 0.15) is 19.8 Å². The Balaban J connectivity index is 1.55. The van der Waals surface area contributed by atoms with Crippen molar-refractivity contribution in [3.05, 3.63) is 59.1 Å². The Bertz CT molecular complexity index is 1100. The SMILES string of the molecule is CC(OC(=O)C1CCN(S(=O)(=O)c2cc(F)ccc2F)CC1)C(=O)Nc1ccc(Cl)cc1. The van der Waals surface area contributed by atoms with E-state index in [0.717, 1.165) is 16.4 Å². The van der Waals surface area contributed by atoms with Gasteiger partial charge in [0.05, 0.1) is 5.92 Å². The zero-order valence-corrected chi connectivity index (χ0v) is 18.6. The van der Waals surface area contributed by atoms with Crippen LogP contribution in [0.4, 0.5) is 14.5 Å². The number of nitrogens with zero attached hydrogens (tertiary/aromatic N) is 1. The number of benzene rings is 2. The van der Waals surface area contributed by atoms with E-state index in [4.69, 9.17) is 16.3 Å². The maximum Gasteiger partial charge on any atom is 0.309 e. The fourth-order valence-corrected chi connectivity index (χ4v) is 4.92. The van der Waals surface area contributed by atoms with E-state index in [1.54, 1.807) is 24.3 Å². The number of nitrogens with one attached hydrogen (secondary N) is 1. The number of rotatable bonds is 6. The highest BCUT2D eigenvalue weighted by Gasteiger charge is 2.35. The van der Waals surface area contributed by atoms with Crippen LogP contribution in [-0.4, -0.2) is 43.8 Å². The van der Waals surface area contributed by atoms with E-state index in [2.05, 4.69) is 5.32 Å². The quantitative estimate of drug-likeness (QED) is 0.630. The highest BCUT2D eigenvalue weighted by molar-refractivity contribution is 7.89. The summed E-state index contributed by atoms with van der Waals surface area (Å²) in [6.45, 7) is 1.29. The molecule has 1 fully saturated rings. The summed E-state index contributed by atoms with van der Waals surface area (Å²) in [5.41, 5.74) is 0.491. The second-order valence-corrected chi connectivity index (χ2v) is 9.67. The minimum absolute atomic E-state index is 0.0661. The molecule has 0 bridgehead atoms. The van der Waals surface area contributed by atoms with E-state index < -0.39 is 50.5 Å². The van der Waals surface area contributed by atoms with Gasteiger partial charge in [-0.1, -0.05) is 11.6 Å². The van der Waals surface area contributed by atoms with Gasteiger partial charge in [0.15, 0.2) is 6.10 Å². The molecule has 0 aliphatic carbocycles. The van der Waals surface area contributed by atoms with Gasteiger partial charge in [-0.3, -0.25) is 9.59 Å². The second-order valence-electron chi connectivity index (χ2n) is 7.33. The molecule has 0 radical (unpaired) electrons. The van der Waals surface area contributed by atoms with Crippen LogP contribution in [0.2, 0.25) is 5.02 Å². The summed E-state index contributed by atoms with van der Waals surface area (Å²) >= 11 is 5.80. The monoisotopic (exact) mass is 486 g/mol. The number of halogens is 3. The summed E-state index contributed by atoms with van der Waals surface area (Å²) in [5.74, 6) is -3.69. The zero-order valence-electron chi connectivity index (χ0n) is 17.1. The molecule has 0 saturated carbocycles. The average molecular weight is 487 g/mol. The Morgan fingerprint density at radius 2 is 1.75 bits per heavy atom. The lowest BCUT2D eigenvalue weighted by Crippen LogP contribution is -2.42. The average Bonchev–Trinajstić information content (AvgIpc) is 2.76. The molecule has 1 atom stereocenters. The molecule has 3 rings (SSSR count). The third-order valence-electron chi connectivity index (χ3n) is 5.07. The lowest BCUT2D eigenvalue weighted by Gasteiger charge is -2.30. The molecule has 1 N–H and O–H groups in total. The van der Waals surface area contributed by atoms with Gasteiger partial charge in [0, 0.05) is 23.8 Å². The van der Waals surface area contributed by atoms with Crippen LogP contribution in [0.25, 0.3) is 0 Å². The number of esters is 1. The van der Waals surface area contributed by atoms with Crippen molar-refractivity contribution in [1.29, 1.82) is 0 Å². The van der Waals surface area contributed by atoms with E-state index in [9.17, 15) is 26.8 Å². The molecule has 0 spiro atoms.